The van der Waals surface area contributed by atoms with E-state index in [-0.39, 0.29) is 5.82 Å². The van der Waals surface area contributed by atoms with Crippen LogP contribution >= 0.6 is 0 Å². The molecule has 4 heteroatoms. The number of hydrogen-bond acceptors (Lipinski definition) is 3. The molecule has 74 valence electrons. The van der Waals surface area contributed by atoms with Crippen molar-refractivity contribution >= 4 is 0 Å². The SMILES string of the molecule is N#Cc1ncn(C2CCCCCC2)n1. The Kier molecular flexibility index (Phi) is 2.78. The highest BCUT2D eigenvalue weighted by molar-refractivity contribution is 5.05. The van der Waals surface area contributed by atoms with Gasteiger partial charge in [-0.2, -0.15) is 5.26 Å². The average Bonchev–Trinajstić information content (AvgIpc) is 2.53. The van der Waals surface area contributed by atoms with Gasteiger partial charge in [-0.15, -0.1) is 5.10 Å². The molecule has 0 N–H and O–H groups in total. The molecule has 1 fully saturated rings. The topological polar surface area (TPSA) is 54.5 Å². The first-order chi connectivity index (χ1) is 6.90. The monoisotopic (exact) mass is 190 g/mol. The maximum atomic E-state index is 8.62. The van der Waals surface area contributed by atoms with E-state index in [4.69, 9.17) is 5.26 Å². The summed E-state index contributed by atoms with van der Waals surface area (Å²) in [5, 5.41) is 12.8. The van der Waals surface area contributed by atoms with Crippen molar-refractivity contribution in [2.24, 2.45) is 0 Å². The average molecular weight is 190 g/mol. The van der Waals surface area contributed by atoms with E-state index in [0.29, 0.717) is 6.04 Å². The van der Waals surface area contributed by atoms with Gasteiger partial charge in [-0.25, -0.2) is 9.67 Å². The number of rotatable bonds is 1. The van der Waals surface area contributed by atoms with Crippen LogP contribution in [0.4, 0.5) is 0 Å². The Morgan fingerprint density at radius 1 is 1.29 bits per heavy atom. The van der Waals surface area contributed by atoms with Crippen LogP contribution in [0.15, 0.2) is 6.33 Å². The van der Waals surface area contributed by atoms with E-state index < -0.39 is 0 Å². The molecule has 0 aromatic carbocycles. The van der Waals surface area contributed by atoms with Gasteiger partial charge in [0, 0.05) is 0 Å². The Bertz CT molecular complexity index is 328. The third-order valence-electron chi connectivity index (χ3n) is 2.81. The second-order valence-electron chi connectivity index (χ2n) is 3.81. The van der Waals surface area contributed by atoms with Gasteiger partial charge in [-0.05, 0) is 12.8 Å². The van der Waals surface area contributed by atoms with E-state index in [1.807, 2.05) is 10.8 Å². The van der Waals surface area contributed by atoms with Crippen LogP contribution in [0.2, 0.25) is 0 Å². The molecule has 1 aromatic rings. The van der Waals surface area contributed by atoms with Gasteiger partial charge in [0.25, 0.3) is 5.82 Å². The van der Waals surface area contributed by atoms with Gasteiger partial charge in [-0.3, -0.25) is 0 Å². The predicted molar refractivity (Wildman–Crippen MR) is 51.5 cm³/mol. The number of nitriles is 1. The lowest BCUT2D eigenvalue weighted by atomic mass is 10.1. The summed E-state index contributed by atoms with van der Waals surface area (Å²) in [6.07, 6.45) is 9.24. The van der Waals surface area contributed by atoms with Gasteiger partial charge < -0.3 is 0 Å². The largest absolute Gasteiger partial charge is 0.252 e. The van der Waals surface area contributed by atoms with Gasteiger partial charge in [0.05, 0.1) is 6.04 Å². The van der Waals surface area contributed by atoms with Crippen LogP contribution < -0.4 is 0 Å². The summed E-state index contributed by atoms with van der Waals surface area (Å²) in [6.45, 7) is 0. The second kappa shape index (κ2) is 4.23. The van der Waals surface area contributed by atoms with E-state index in [9.17, 15) is 0 Å². The first-order valence-electron chi connectivity index (χ1n) is 5.21. The molecule has 1 aromatic heterocycles. The van der Waals surface area contributed by atoms with Gasteiger partial charge in [0.1, 0.15) is 12.4 Å². The third-order valence-corrected chi connectivity index (χ3v) is 2.81. The van der Waals surface area contributed by atoms with Crippen LogP contribution in [0.1, 0.15) is 50.4 Å². The van der Waals surface area contributed by atoms with E-state index in [2.05, 4.69) is 10.1 Å². The lowest BCUT2D eigenvalue weighted by Gasteiger charge is -2.12. The van der Waals surface area contributed by atoms with Crippen molar-refractivity contribution in [2.75, 3.05) is 0 Å². The third kappa shape index (κ3) is 1.92. The highest BCUT2D eigenvalue weighted by atomic mass is 15.3. The van der Waals surface area contributed by atoms with Crippen LogP contribution in [0.25, 0.3) is 0 Å². The van der Waals surface area contributed by atoms with Crippen LogP contribution in [-0.4, -0.2) is 14.8 Å². The minimum absolute atomic E-state index is 0.286. The molecule has 0 saturated heterocycles. The predicted octanol–water partition coefficient (Wildman–Crippen LogP) is 2.05. The fraction of sp³-hybridized carbons (Fsp3) is 0.700. The molecule has 1 aliphatic rings. The van der Waals surface area contributed by atoms with Crippen LogP contribution in [0.3, 0.4) is 0 Å². The zero-order valence-corrected chi connectivity index (χ0v) is 8.19. The zero-order chi connectivity index (χ0) is 9.80. The van der Waals surface area contributed by atoms with Gasteiger partial charge in [0.15, 0.2) is 0 Å². The van der Waals surface area contributed by atoms with Crippen molar-refractivity contribution in [1.29, 1.82) is 5.26 Å². The molecule has 0 radical (unpaired) electrons. The highest BCUT2D eigenvalue weighted by Crippen LogP contribution is 2.25. The highest BCUT2D eigenvalue weighted by Gasteiger charge is 2.15. The Hall–Kier alpha value is -1.37. The summed E-state index contributed by atoms with van der Waals surface area (Å²) in [5.41, 5.74) is 0. The van der Waals surface area contributed by atoms with Crippen molar-refractivity contribution in [2.45, 2.75) is 44.6 Å². The molecule has 0 amide bonds. The van der Waals surface area contributed by atoms with E-state index >= 15 is 0 Å². The van der Waals surface area contributed by atoms with Gasteiger partial charge >= 0.3 is 0 Å². The van der Waals surface area contributed by atoms with Crippen LogP contribution in [0, 0.1) is 11.3 Å². The Morgan fingerprint density at radius 2 is 2.00 bits per heavy atom. The molecule has 1 saturated carbocycles. The summed E-state index contributed by atoms with van der Waals surface area (Å²) in [6, 6.07) is 2.42. The molecule has 14 heavy (non-hydrogen) atoms. The van der Waals surface area contributed by atoms with E-state index in [0.717, 1.165) is 0 Å². The molecule has 0 bridgehead atoms. The Labute approximate surface area is 83.6 Å². The molecule has 0 aliphatic heterocycles. The molecular weight excluding hydrogens is 176 g/mol. The molecule has 1 aliphatic carbocycles. The maximum Gasteiger partial charge on any atom is 0.252 e. The molecule has 0 unspecified atom stereocenters. The summed E-state index contributed by atoms with van der Waals surface area (Å²) >= 11 is 0. The first-order valence-corrected chi connectivity index (χ1v) is 5.21. The van der Waals surface area contributed by atoms with Crippen molar-refractivity contribution in [3.63, 3.8) is 0 Å². The summed E-state index contributed by atoms with van der Waals surface area (Å²) < 4.78 is 1.86. The smallest absolute Gasteiger partial charge is 0.249 e. The van der Waals surface area contributed by atoms with Gasteiger partial charge in [-0.1, -0.05) is 25.7 Å². The van der Waals surface area contributed by atoms with E-state index in [1.165, 1.54) is 38.5 Å². The van der Waals surface area contributed by atoms with E-state index in [1.54, 1.807) is 6.33 Å². The molecule has 4 nitrogen and oxygen atoms in total. The number of nitrogens with zero attached hydrogens (tertiary/aromatic N) is 4. The summed E-state index contributed by atoms with van der Waals surface area (Å²) in [4.78, 5) is 3.93. The first kappa shape index (κ1) is 9.20. The van der Waals surface area contributed by atoms with Crippen molar-refractivity contribution < 1.29 is 0 Å². The minimum atomic E-state index is 0.286. The standard InChI is InChI=1S/C10H14N4/c11-7-10-12-8-14(13-10)9-5-3-1-2-4-6-9/h8-9H,1-6H2. The number of aromatic nitrogens is 3. The second-order valence-corrected chi connectivity index (χ2v) is 3.81. The van der Waals surface area contributed by atoms with Crippen molar-refractivity contribution in [3.8, 4) is 6.07 Å². The normalized spacial score (nSPS) is 18.8. The zero-order valence-electron chi connectivity index (χ0n) is 8.19. The summed E-state index contributed by atoms with van der Waals surface area (Å²) in [5.74, 6) is 0.286. The molecular formula is C10H14N4. The van der Waals surface area contributed by atoms with Crippen molar-refractivity contribution in [1.82, 2.24) is 14.8 Å². The Morgan fingerprint density at radius 3 is 2.57 bits per heavy atom. The maximum absolute atomic E-state index is 8.62. The van der Waals surface area contributed by atoms with Crippen molar-refractivity contribution in [3.05, 3.63) is 12.2 Å². The minimum Gasteiger partial charge on any atom is -0.249 e. The quantitative estimate of drug-likeness (QED) is 0.637. The fourth-order valence-corrected chi connectivity index (χ4v) is 2.02. The molecule has 2 rings (SSSR count). The Balaban J connectivity index is 2.09. The fourth-order valence-electron chi connectivity index (χ4n) is 2.02. The molecule has 0 atom stereocenters. The van der Waals surface area contributed by atoms with Crippen LogP contribution in [-0.2, 0) is 0 Å². The molecule has 1 heterocycles. The summed E-state index contributed by atoms with van der Waals surface area (Å²) in [7, 11) is 0. The lowest BCUT2D eigenvalue weighted by Crippen LogP contribution is -2.08. The van der Waals surface area contributed by atoms with Crippen LogP contribution in [0.5, 0.6) is 0 Å². The lowest BCUT2D eigenvalue weighted by molar-refractivity contribution is 0.404. The number of hydrogen-bond donors (Lipinski definition) is 0. The van der Waals surface area contributed by atoms with Gasteiger partial charge in [0.2, 0.25) is 0 Å². The molecule has 0 spiro atoms.